The molecule has 1 aromatic heterocycles. The lowest BCUT2D eigenvalue weighted by molar-refractivity contribution is 0.0766. The van der Waals surface area contributed by atoms with Crippen molar-refractivity contribution in [3.63, 3.8) is 0 Å². The highest BCUT2D eigenvalue weighted by Gasteiger charge is 2.19. The van der Waals surface area contributed by atoms with Crippen molar-refractivity contribution in [1.82, 2.24) is 4.90 Å². The summed E-state index contributed by atoms with van der Waals surface area (Å²) < 4.78 is 16.5. The van der Waals surface area contributed by atoms with Gasteiger partial charge in [0.15, 0.2) is 11.5 Å². The number of benzene rings is 1. The molecule has 6 heteroatoms. The normalized spacial score (nSPS) is 16.6. The molecule has 25 heavy (non-hydrogen) atoms. The third-order valence-corrected chi connectivity index (χ3v) is 5.47. The first kappa shape index (κ1) is 16.3. The van der Waals surface area contributed by atoms with Crippen LogP contribution in [0.1, 0.15) is 40.9 Å². The number of likely N-dealkylation sites (tertiary alicyclic amines) is 1. The van der Waals surface area contributed by atoms with Gasteiger partial charge < -0.3 is 19.1 Å². The summed E-state index contributed by atoms with van der Waals surface area (Å²) in [4.78, 5) is 15.4. The average Bonchev–Trinajstić information content (AvgIpc) is 3.21. The zero-order valence-corrected chi connectivity index (χ0v) is 14.8. The van der Waals surface area contributed by atoms with Crippen molar-refractivity contribution >= 4 is 17.2 Å². The molecule has 1 saturated heterocycles. The number of thiophene rings is 1. The van der Waals surface area contributed by atoms with Gasteiger partial charge >= 0.3 is 0 Å². The summed E-state index contributed by atoms with van der Waals surface area (Å²) >= 11 is 1.50. The fraction of sp³-hybridized carbons (Fsp3) is 0.421. The second-order valence-corrected chi connectivity index (χ2v) is 7.24. The summed E-state index contributed by atoms with van der Waals surface area (Å²) in [6, 6.07) is 7.49. The van der Waals surface area contributed by atoms with Crippen molar-refractivity contribution in [2.24, 2.45) is 0 Å². The van der Waals surface area contributed by atoms with E-state index in [1.165, 1.54) is 24.2 Å². The molecule has 4 rings (SSSR count). The van der Waals surface area contributed by atoms with Gasteiger partial charge in [-0.15, -0.1) is 11.3 Å². The summed E-state index contributed by atoms with van der Waals surface area (Å²) in [6.45, 7) is 2.44. The number of nitrogens with zero attached hydrogens (tertiary/aromatic N) is 1. The van der Waals surface area contributed by atoms with E-state index in [2.05, 4.69) is 0 Å². The fourth-order valence-corrected chi connectivity index (χ4v) is 3.99. The molecular weight excluding hydrogens is 338 g/mol. The van der Waals surface area contributed by atoms with Gasteiger partial charge in [0.25, 0.3) is 5.91 Å². The van der Waals surface area contributed by atoms with Crippen LogP contribution in [0.3, 0.4) is 0 Å². The van der Waals surface area contributed by atoms with E-state index < -0.39 is 0 Å². The van der Waals surface area contributed by atoms with Crippen LogP contribution < -0.4 is 14.2 Å². The Kier molecular flexibility index (Phi) is 4.78. The van der Waals surface area contributed by atoms with Crippen molar-refractivity contribution < 1.29 is 19.0 Å². The van der Waals surface area contributed by atoms with Crippen LogP contribution in [0.5, 0.6) is 17.2 Å². The number of hydrogen-bond donors (Lipinski definition) is 0. The second kappa shape index (κ2) is 7.35. The molecule has 0 atom stereocenters. The number of carbonyl (C=O) groups is 1. The minimum atomic E-state index is 0.154. The van der Waals surface area contributed by atoms with E-state index in [-0.39, 0.29) is 12.7 Å². The standard InChI is InChI=1S/C19H21NO4S/c21-19(20-7-3-1-2-4-8-20)18-9-14(12-25-18)11-22-15-5-6-16-17(10-15)24-13-23-16/h5-6,9-10,12H,1-4,7-8,11,13H2. The number of hydrogen-bond acceptors (Lipinski definition) is 5. The maximum atomic E-state index is 12.6. The van der Waals surface area contributed by atoms with Crippen LogP contribution in [0.2, 0.25) is 0 Å². The van der Waals surface area contributed by atoms with Gasteiger partial charge in [0.2, 0.25) is 6.79 Å². The van der Waals surface area contributed by atoms with Crippen LogP contribution in [0.25, 0.3) is 0 Å². The Labute approximate surface area is 151 Å². The zero-order chi connectivity index (χ0) is 17.1. The molecule has 0 unspecified atom stereocenters. The molecule has 132 valence electrons. The van der Waals surface area contributed by atoms with E-state index in [9.17, 15) is 4.79 Å². The van der Waals surface area contributed by atoms with Crippen LogP contribution in [-0.4, -0.2) is 30.7 Å². The van der Waals surface area contributed by atoms with E-state index in [0.29, 0.717) is 12.4 Å². The first-order valence-electron chi connectivity index (χ1n) is 8.69. The van der Waals surface area contributed by atoms with Crippen LogP contribution in [0, 0.1) is 0 Å². The minimum Gasteiger partial charge on any atom is -0.489 e. The molecular formula is C19H21NO4S. The van der Waals surface area contributed by atoms with Crippen molar-refractivity contribution in [2.45, 2.75) is 32.3 Å². The van der Waals surface area contributed by atoms with Gasteiger partial charge in [0.05, 0.1) is 4.88 Å². The molecule has 1 aromatic carbocycles. The summed E-state index contributed by atoms with van der Waals surface area (Å²) in [6.07, 6.45) is 4.67. The van der Waals surface area contributed by atoms with Crippen LogP contribution in [-0.2, 0) is 6.61 Å². The van der Waals surface area contributed by atoms with Gasteiger partial charge in [-0.3, -0.25) is 4.79 Å². The predicted octanol–water partition coefficient (Wildman–Crippen LogP) is 4.07. The van der Waals surface area contributed by atoms with Gasteiger partial charge in [-0.25, -0.2) is 0 Å². The van der Waals surface area contributed by atoms with Gasteiger partial charge in [0.1, 0.15) is 12.4 Å². The highest BCUT2D eigenvalue weighted by Crippen LogP contribution is 2.35. The lowest BCUT2D eigenvalue weighted by atomic mass is 10.2. The van der Waals surface area contributed by atoms with Crippen molar-refractivity contribution in [3.8, 4) is 17.2 Å². The number of ether oxygens (including phenoxy) is 3. The topological polar surface area (TPSA) is 48.0 Å². The summed E-state index contributed by atoms with van der Waals surface area (Å²) in [7, 11) is 0. The van der Waals surface area contributed by atoms with E-state index >= 15 is 0 Å². The molecule has 5 nitrogen and oxygen atoms in total. The summed E-state index contributed by atoms with van der Waals surface area (Å²) in [5.74, 6) is 2.34. The molecule has 1 fully saturated rings. The molecule has 2 aromatic rings. The Morgan fingerprint density at radius 2 is 1.88 bits per heavy atom. The molecule has 0 N–H and O–H groups in total. The number of rotatable bonds is 4. The molecule has 0 bridgehead atoms. The Hall–Kier alpha value is -2.21. The molecule has 0 saturated carbocycles. The highest BCUT2D eigenvalue weighted by molar-refractivity contribution is 7.12. The molecule has 0 spiro atoms. The highest BCUT2D eigenvalue weighted by atomic mass is 32.1. The van der Waals surface area contributed by atoms with E-state index in [4.69, 9.17) is 14.2 Å². The summed E-state index contributed by atoms with van der Waals surface area (Å²) in [5, 5.41) is 2.00. The minimum absolute atomic E-state index is 0.154. The van der Waals surface area contributed by atoms with E-state index in [1.54, 1.807) is 0 Å². The van der Waals surface area contributed by atoms with Gasteiger partial charge in [-0.2, -0.15) is 0 Å². The van der Waals surface area contributed by atoms with Crippen LogP contribution >= 0.6 is 11.3 Å². The first-order chi connectivity index (χ1) is 12.3. The predicted molar refractivity (Wildman–Crippen MR) is 95.6 cm³/mol. The monoisotopic (exact) mass is 359 g/mol. The first-order valence-corrected chi connectivity index (χ1v) is 9.57. The average molecular weight is 359 g/mol. The molecule has 2 aliphatic rings. The smallest absolute Gasteiger partial charge is 0.263 e. The Balaban J connectivity index is 1.37. The number of carbonyl (C=O) groups excluding carboxylic acids is 1. The lowest BCUT2D eigenvalue weighted by Gasteiger charge is -2.19. The fourth-order valence-electron chi connectivity index (χ4n) is 3.13. The van der Waals surface area contributed by atoms with E-state index in [1.807, 2.05) is 34.5 Å². The zero-order valence-electron chi connectivity index (χ0n) is 14.0. The maximum absolute atomic E-state index is 12.6. The van der Waals surface area contributed by atoms with E-state index in [0.717, 1.165) is 47.9 Å². The third-order valence-electron chi connectivity index (χ3n) is 4.51. The van der Waals surface area contributed by atoms with Gasteiger partial charge in [0, 0.05) is 24.7 Å². The van der Waals surface area contributed by atoms with Crippen LogP contribution in [0.4, 0.5) is 0 Å². The van der Waals surface area contributed by atoms with Gasteiger partial charge in [-0.1, -0.05) is 12.8 Å². The SMILES string of the molecule is O=C(c1cc(COc2ccc3c(c2)OCO3)cs1)N1CCCCCC1. The Bertz CT molecular complexity index is 750. The quantitative estimate of drug-likeness (QED) is 0.826. The number of amides is 1. The third kappa shape index (κ3) is 3.74. The molecule has 2 aliphatic heterocycles. The number of fused-ring (bicyclic) bond motifs is 1. The molecule has 0 radical (unpaired) electrons. The Morgan fingerprint density at radius 1 is 1.08 bits per heavy atom. The van der Waals surface area contributed by atoms with Gasteiger partial charge in [-0.05, 0) is 36.4 Å². The second-order valence-electron chi connectivity index (χ2n) is 6.33. The maximum Gasteiger partial charge on any atom is 0.263 e. The van der Waals surface area contributed by atoms with Crippen LogP contribution in [0.15, 0.2) is 29.6 Å². The lowest BCUT2D eigenvalue weighted by Crippen LogP contribution is -2.31. The largest absolute Gasteiger partial charge is 0.489 e. The molecule has 1 amide bonds. The van der Waals surface area contributed by atoms with Crippen molar-refractivity contribution in [3.05, 3.63) is 40.1 Å². The molecule has 3 heterocycles. The van der Waals surface area contributed by atoms with Crippen molar-refractivity contribution in [2.75, 3.05) is 19.9 Å². The molecule has 0 aliphatic carbocycles. The summed E-state index contributed by atoms with van der Waals surface area (Å²) in [5.41, 5.74) is 1.01. The van der Waals surface area contributed by atoms with Crippen molar-refractivity contribution in [1.29, 1.82) is 0 Å². The Morgan fingerprint density at radius 3 is 2.72 bits per heavy atom.